The van der Waals surface area contributed by atoms with E-state index in [9.17, 15) is 0 Å². The van der Waals surface area contributed by atoms with Gasteiger partial charge < -0.3 is 16.2 Å². The monoisotopic (exact) mass is 469 g/mol. The Morgan fingerprint density at radius 1 is 0.583 bits per heavy atom. The van der Waals surface area contributed by atoms with Crippen LogP contribution in [0.15, 0.2) is 128 Å². The van der Waals surface area contributed by atoms with Crippen LogP contribution in [0.1, 0.15) is 5.56 Å². The second-order valence-corrected chi connectivity index (χ2v) is 8.44. The largest absolute Gasteiger partial charge is 0.488 e. The Kier molecular flexibility index (Phi) is 6.77. The van der Waals surface area contributed by atoms with Crippen LogP contribution in [0.3, 0.4) is 0 Å². The smallest absolute Gasteiger partial charge is 0.129 e. The number of benzene rings is 5. The maximum absolute atomic E-state index is 6.05. The molecule has 1 heterocycles. The zero-order valence-electron chi connectivity index (χ0n) is 19.8. The zero-order valence-corrected chi connectivity index (χ0v) is 19.8. The summed E-state index contributed by atoms with van der Waals surface area (Å²) in [4.78, 5) is 4.39. The molecule has 176 valence electrons. The summed E-state index contributed by atoms with van der Waals surface area (Å²) in [7, 11) is 0. The van der Waals surface area contributed by atoms with Crippen molar-refractivity contribution in [2.45, 2.75) is 6.61 Å². The van der Waals surface area contributed by atoms with Gasteiger partial charge in [-0.25, -0.2) is 0 Å². The Morgan fingerprint density at radius 2 is 1.31 bits per heavy atom. The minimum Gasteiger partial charge on any atom is -0.488 e. The van der Waals surface area contributed by atoms with Crippen molar-refractivity contribution in [3.63, 3.8) is 0 Å². The predicted octanol–water partition coefficient (Wildman–Crippen LogP) is 7.49. The van der Waals surface area contributed by atoms with Crippen LogP contribution in [0.25, 0.3) is 32.8 Å². The zero-order chi connectivity index (χ0) is 24.7. The molecule has 0 aliphatic heterocycles. The summed E-state index contributed by atoms with van der Waals surface area (Å²) in [6.45, 7) is 0.550. The van der Waals surface area contributed by atoms with E-state index < -0.39 is 0 Å². The van der Waals surface area contributed by atoms with Crippen LogP contribution in [0, 0.1) is 0 Å². The number of pyridine rings is 1. The van der Waals surface area contributed by atoms with Gasteiger partial charge in [0.1, 0.15) is 12.4 Å². The maximum atomic E-state index is 6.05. The number of rotatable bonds is 4. The van der Waals surface area contributed by atoms with Gasteiger partial charge in [0, 0.05) is 33.9 Å². The summed E-state index contributed by atoms with van der Waals surface area (Å²) in [5.41, 5.74) is 16.8. The summed E-state index contributed by atoms with van der Waals surface area (Å²) in [6, 6.07) is 40.0. The molecule has 36 heavy (non-hydrogen) atoms. The van der Waals surface area contributed by atoms with Crippen LogP contribution in [0.4, 0.5) is 11.4 Å². The van der Waals surface area contributed by atoms with E-state index in [2.05, 4.69) is 23.2 Å². The van der Waals surface area contributed by atoms with Crippen molar-refractivity contribution in [3.05, 3.63) is 133 Å². The number of nitrogens with two attached hydrogens (primary N) is 2. The third kappa shape index (κ3) is 4.98. The maximum Gasteiger partial charge on any atom is 0.129 e. The molecule has 5 aromatic carbocycles. The number of nitrogens with zero attached hydrogens (tertiary/aromatic N) is 1. The van der Waals surface area contributed by atoms with Gasteiger partial charge in [0.25, 0.3) is 0 Å². The molecule has 6 rings (SSSR count). The topological polar surface area (TPSA) is 74.2 Å². The van der Waals surface area contributed by atoms with Gasteiger partial charge in [-0.2, -0.15) is 0 Å². The molecule has 0 fully saturated rings. The molecule has 0 unspecified atom stereocenters. The molecule has 6 aromatic rings. The number of nitrogen functional groups attached to an aromatic ring is 2. The number of ether oxygens (including phenoxy) is 1. The molecule has 0 spiro atoms. The second-order valence-electron chi connectivity index (χ2n) is 8.44. The van der Waals surface area contributed by atoms with Crippen LogP contribution in [-0.4, -0.2) is 4.98 Å². The van der Waals surface area contributed by atoms with Crippen molar-refractivity contribution in [1.29, 1.82) is 0 Å². The van der Waals surface area contributed by atoms with Crippen LogP contribution in [0.2, 0.25) is 0 Å². The lowest BCUT2D eigenvalue weighted by molar-refractivity contribution is 0.310. The molecule has 4 nitrogen and oxygen atoms in total. The van der Waals surface area contributed by atoms with Crippen molar-refractivity contribution >= 4 is 32.9 Å². The first-order valence-electron chi connectivity index (χ1n) is 11.8. The van der Waals surface area contributed by atoms with E-state index in [1.165, 1.54) is 0 Å². The molecule has 0 aliphatic rings. The van der Waals surface area contributed by atoms with Gasteiger partial charge in [0.15, 0.2) is 0 Å². The highest BCUT2D eigenvalue weighted by molar-refractivity contribution is 6.02. The molecule has 0 aliphatic carbocycles. The lowest BCUT2D eigenvalue weighted by Crippen LogP contribution is -1.97. The van der Waals surface area contributed by atoms with E-state index in [1.54, 1.807) is 6.20 Å². The first kappa shape index (κ1) is 22.9. The number of fused-ring (bicyclic) bond motifs is 2. The van der Waals surface area contributed by atoms with Gasteiger partial charge in [-0.1, -0.05) is 91.0 Å². The van der Waals surface area contributed by atoms with Crippen LogP contribution in [-0.2, 0) is 6.61 Å². The van der Waals surface area contributed by atoms with Gasteiger partial charge >= 0.3 is 0 Å². The standard InChI is InChI=1S/C17H15NO.C15H12N2/c18-15-10-4-8-14-9-5-11-16(17(14)15)19-12-13-6-2-1-3-7-13;16-14-9-8-13(15-7-3-4-10-17-15)11-5-1-2-6-12(11)14/h1-11H,12,18H2;1-10H,16H2. The number of hydrogen-bond donors (Lipinski definition) is 2. The van der Waals surface area contributed by atoms with Crippen molar-refractivity contribution in [2.75, 3.05) is 11.5 Å². The molecule has 0 atom stereocenters. The Balaban J connectivity index is 0.000000149. The number of anilines is 2. The molecule has 4 heteroatoms. The Hall–Kier alpha value is -4.83. The second kappa shape index (κ2) is 10.6. The number of aromatic nitrogens is 1. The molecule has 0 radical (unpaired) electrons. The summed E-state index contributed by atoms with van der Waals surface area (Å²) >= 11 is 0. The lowest BCUT2D eigenvalue weighted by atomic mass is 10.0. The van der Waals surface area contributed by atoms with E-state index in [0.717, 1.165) is 55.5 Å². The Bertz CT molecular complexity index is 1590. The minimum atomic E-state index is 0.550. The van der Waals surface area contributed by atoms with Crippen molar-refractivity contribution in [1.82, 2.24) is 4.98 Å². The van der Waals surface area contributed by atoms with E-state index in [0.29, 0.717) is 6.61 Å². The molecule has 1 aromatic heterocycles. The van der Waals surface area contributed by atoms with Crippen LogP contribution < -0.4 is 16.2 Å². The van der Waals surface area contributed by atoms with Gasteiger partial charge in [0.05, 0.1) is 5.69 Å². The first-order valence-corrected chi connectivity index (χ1v) is 11.8. The molecule has 0 bridgehead atoms. The molecule has 0 saturated carbocycles. The summed E-state index contributed by atoms with van der Waals surface area (Å²) in [5.74, 6) is 0.833. The summed E-state index contributed by atoms with van der Waals surface area (Å²) in [5, 5.41) is 4.31. The molecular weight excluding hydrogens is 442 g/mol. The third-order valence-corrected chi connectivity index (χ3v) is 6.03. The van der Waals surface area contributed by atoms with Gasteiger partial charge in [-0.15, -0.1) is 0 Å². The average Bonchev–Trinajstić information content (AvgIpc) is 2.94. The van der Waals surface area contributed by atoms with Gasteiger partial charge in [0.2, 0.25) is 0 Å². The minimum absolute atomic E-state index is 0.550. The van der Waals surface area contributed by atoms with E-state index in [1.807, 2.05) is 103 Å². The Labute approximate surface area is 210 Å². The lowest BCUT2D eigenvalue weighted by Gasteiger charge is -2.11. The van der Waals surface area contributed by atoms with E-state index in [-0.39, 0.29) is 0 Å². The summed E-state index contributed by atoms with van der Waals surface area (Å²) < 4.78 is 5.91. The predicted molar refractivity (Wildman–Crippen MR) is 151 cm³/mol. The van der Waals surface area contributed by atoms with Crippen molar-refractivity contribution in [3.8, 4) is 17.0 Å². The molecule has 4 N–H and O–H groups in total. The fourth-order valence-corrected chi connectivity index (χ4v) is 4.26. The van der Waals surface area contributed by atoms with E-state index in [4.69, 9.17) is 16.2 Å². The van der Waals surface area contributed by atoms with E-state index >= 15 is 0 Å². The number of hydrogen-bond acceptors (Lipinski definition) is 4. The van der Waals surface area contributed by atoms with Crippen molar-refractivity contribution < 1.29 is 4.74 Å². The van der Waals surface area contributed by atoms with Gasteiger partial charge in [-0.3, -0.25) is 4.98 Å². The highest BCUT2D eigenvalue weighted by atomic mass is 16.5. The quantitative estimate of drug-likeness (QED) is 0.262. The normalized spacial score (nSPS) is 10.6. The van der Waals surface area contributed by atoms with Crippen molar-refractivity contribution in [2.24, 2.45) is 0 Å². The fourth-order valence-electron chi connectivity index (χ4n) is 4.26. The highest BCUT2D eigenvalue weighted by Crippen LogP contribution is 2.32. The fraction of sp³-hybridized carbons (Fsp3) is 0.0312. The van der Waals surface area contributed by atoms with Gasteiger partial charge in [-0.05, 0) is 46.7 Å². The summed E-state index contributed by atoms with van der Waals surface area (Å²) in [6.07, 6.45) is 1.81. The first-order chi connectivity index (χ1) is 17.7. The van der Waals surface area contributed by atoms with Crippen LogP contribution >= 0.6 is 0 Å². The third-order valence-electron chi connectivity index (χ3n) is 6.03. The Morgan fingerprint density at radius 3 is 2.08 bits per heavy atom. The molecule has 0 amide bonds. The average molecular weight is 470 g/mol. The molecular formula is C32H27N3O. The SMILES string of the molecule is Nc1ccc(-c2ccccn2)c2ccccc12.Nc1cccc2cccc(OCc3ccccc3)c12. The highest BCUT2D eigenvalue weighted by Gasteiger charge is 2.06. The molecule has 0 saturated heterocycles. The van der Waals surface area contributed by atoms with Crippen LogP contribution in [0.5, 0.6) is 5.75 Å².